The molecule has 3 fully saturated rings. The predicted molar refractivity (Wildman–Crippen MR) is 104 cm³/mol. The van der Waals surface area contributed by atoms with Gasteiger partial charge in [-0.25, -0.2) is 0 Å². The molecule has 4 rings (SSSR count). The molecule has 5 nitrogen and oxygen atoms in total. The zero-order valence-corrected chi connectivity index (χ0v) is 17.4. The first-order valence-corrected chi connectivity index (χ1v) is 10.8. The van der Waals surface area contributed by atoms with E-state index in [1.807, 2.05) is 0 Å². The number of ether oxygens (including phenoxy) is 1. The summed E-state index contributed by atoms with van der Waals surface area (Å²) in [5.41, 5.74) is -1.66. The quantitative estimate of drug-likeness (QED) is 0.679. The molecule has 5 heteroatoms. The Morgan fingerprint density at radius 2 is 2.07 bits per heavy atom. The highest BCUT2D eigenvalue weighted by Gasteiger charge is 2.84. The van der Waals surface area contributed by atoms with Crippen LogP contribution in [0.5, 0.6) is 0 Å². The fourth-order valence-corrected chi connectivity index (χ4v) is 7.95. The lowest BCUT2D eigenvalue weighted by Crippen LogP contribution is -2.62. The van der Waals surface area contributed by atoms with Gasteiger partial charge in [-0.05, 0) is 55.8 Å². The summed E-state index contributed by atoms with van der Waals surface area (Å²) >= 11 is 0. The zero-order valence-electron chi connectivity index (χ0n) is 17.4. The van der Waals surface area contributed by atoms with Crippen molar-refractivity contribution in [3.05, 3.63) is 11.6 Å². The van der Waals surface area contributed by atoms with Crippen LogP contribution in [0.25, 0.3) is 0 Å². The zero-order chi connectivity index (χ0) is 20.5. The fourth-order valence-electron chi connectivity index (χ4n) is 7.95. The van der Waals surface area contributed by atoms with Crippen molar-refractivity contribution in [3.63, 3.8) is 0 Å². The van der Waals surface area contributed by atoms with Gasteiger partial charge in [-0.15, -0.1) is 0 Å². The Hall–Kier alpha value is -1.38. The molecule has 3 saturated carbocycles. The maximum Gasteiger partial charge on any atom is 0.316 e. The van der Waals surface area contributed by atoms with Crippen LogP contribution in [0.4, 0.5) is 0 Å². The summed E-state index contributed by atoms with van der Waals surface area (Å²) in [4.78, 5) is 13.1. The molecule has 7 unspecified atom stereocenters. The first-order chi connectivity index (χ1) is 13.2. The van der Waals surface area contributed by atoms with Crippen LogP contribution in [0.3, 0.4) is 0 Å². The highest BCUT2D eigenvalue weighted by Crippen LogP contribution is 2.83. The van der Waals surface area contributed by atoms with Gasteiger partial charge in [0.05, 0.1) is 30.8 Å². The number of aliphatic hydroxyl groups is 1. The second kappa shape index (κ2) is 6.31. The highest BCUT2D eigenvalue weighted by atomic mass is 16.5. The van der Waals surface area contributed by atoms with Gasteiger partial charge in [-0.2, -0.15) is 5.26 Å². The van der Waals surface area contributed by atoms with Gasteiger partial charge < -0.3 is 14.9 Å². The largest absolute Gasteiger partial charge is 0.481 e. The Bertz CT molecular complexity index is 752. The van der Waals surface area contributed by atoms with Crippen LogP contribution in [0.1, 0.15) is 53.4 Å². The van der Waals surface area contributed by atoms with Gasteiger partial charge in [0.15, 0.2) is 0 Å². The number of aliphatic carboxylic acids is 1. The van der Waals surface area contributed by atoms with Gasteiger partial charge >= 0.3 is 5.97 Å². The van der Waals surface area contributed by atoms with Gasteiger partial charge in [-0.1, -0.05) is 38.8 Å². The van der Waals surface area contributed by atoms with E-state index < -0.39 is 28.3 Å². The Labute approximate surface area is 167 Å². The maximum absolute atomic E-state index is 13.1. The van der Waals surface area contributed by atoms with Gasteiger partial charge in [0.25, 0.3) is 0 Å². The molecule has 0 aromatic carbocycles. The van der Waals surface area contributed by atoms with Crippen molar-refractivity contribution in [2.45, 2.75) is 59.5 Å². The van der Waals surface area contributed by atoms with Crippen LogP contribution in [-0.4, -0.2) is 35.5 Å². The molecule has 28 heavy (non-hydrogen) atoms. The van der Waals surface area contributed by atoms with Crippen molar-refractivity contribution in [1.82, 2.24) is 0 Å². The van der Waals surface area contributed by atoms with Crippen molar-refractivity contribution >= 4 is 5.97 Å². The first-order valence-electron chi connectivity index (χ1n) is 10.8. The Morgan fingerprint density at radius 3 is 2.64 bits per heavy atom. The van der Waals surface area contributed by atoms with Crippen molar-refractivity contribution in [1.29, 1.82) is 5.26 Å². The summed E-state index contributed by atoms with van der Waals surface area (Å²) in [7, 11) is 0. The molecule has 0 aromatic heterocycles. The van der Waals surface area contributed by atoms with Crippen LogP contribution in [0.15, 0.2) is 11.6 Å². The number of carboxylic acid groups (broad SMARTS) is 1. The van der Waals surface area contributed by atoms with Crippen LogP contribution < -0.4 is 0 Å². The van der Waals surface area contributed by atoms with Gasteiger partial charge in [0, 0.05) is 5.41 Å². The second-order valence-corrected chi connectivity index (χ2v) is 10.3. The smallest absolute Gasteiger partial charge is 0.316 e. The van der Waals surface area contributed by atoms with E-state index in [9.17, 15) is 20.3 Å². The minimum Gasteiger partial charge on any atom is -0.481 e. The average Bonchev–Trinajstić information content (AvgIpc) is 3.18. The minimum atomic E-state index is -1.17. The number of carbonyl (C=O) groups is 1. The highest BCUT2D eigenvalue weighted by molar-refractivity contribution is 5.85. The minimum absolute atomic E-state index is 0.0625. The third-order valence-electron chi connectivity index (χ3n) is 8.76. The van der Waals surface area contributed by atoms with E-state index in [0.29, 0.717) is 24.9 Å². The SMILES string of the molecule is CC(C)C1=CC2CC3(C#N)C4CCC(C)C4CC2(COC[C@H](C)O)C13C(=O)O. The lowest BCUT2D eigenvalue weighted by molar-refractivity contribution is -0.180. The number of hydrogen-bond donors (Lipinski definition) is 2. The predicted octanol–water partition coefficient (Wildman–Crippen LogP) is 3.63. The van der Waals surface area contributed by atoms with E-state index in [0.717, 1.165) is 24.8 Å². The van der Waals surface area contributed by atoms with Gasteiger partial charge in [-0.3, -0.25) is 4.79 Å². The maximum atomic E-state index is 13.1. The number of carboxylic acids is 1. The summed E-state index contributed by atoms with van der Waals surface area (Å²) < 4.78 is 5.96. The summed E-state index contributed by atoms with van der Waals surface area (Å²) in [6.45, 7) is 8.55. The van der Waals surface area contributed by atoms with Crippen molar-refractivity contribution in [2.75, 3.05) is 13.2 Å². The Morgan fingerprint density at radius 1 is 1.36 bits per heavy atom. The van der Waals surface area contributed by atoms with E-state index in [-0.39, 0.29) is 24.4 Å². The Balaban J connectivity index is 1.91. The first kappa shape index (κ1) is 19.9. The molecule has 4 aliphatic rings. The lowest BCUT2D eigenvalue weighted by atomic mass is 9.43. The third kappa shape index (κ3) is 2.06. The number of nitrogens with zero attached hydrogens (tertiary/aromatic N) is 1. The number of allylic oxidation sites excluding steroid dienone is 1. The van der Waals surface area contributed by atoms with Crippen molar-refractivity contribution < 1.29 is 19.7 Å². The van der Waals surface area contributed by atoms with Gasteiger partial charge in [0.1, 0.15) is 5.41 Å². The number of fused-ring (bicyclic) bond motifs is 2. The standard InChI is InChI=1S/C23H33NO4/c1-13(2)19-7-16-8-21(11-24)18-6-5-14(3)17(18)9-22(16,12-28-10-15(4)25)23(19,21)20(26)27/h7,13-18,25H,5-6,8-10,12H2,1-4H3,(H,26,27)/t14?,15-,16?,17?,18?,21?,22?,23?/m0/s1. The number of nitriles is 1. The molecule has 4 bridgehead atoms. The van der Waals surface area contributed by atoms with Crippen LogP contribution in [0, 0.1) is 57.2 Å². The molecular formula is C23H33NO4. The summed E-state index contributed by atoms with van der Waals surface area (Å²) in [6.07, 6.45) is 5.08. The van der Waals surface area contributed by atoms with Crippen LogP contribution >= 0.6 is 0 Å². The molecule has 0 aromatic rings. The second-order valence-electron chi connectivity index (χ2n) is 10.3. The molecule has 0 saturated heterocycles. The van der Waals surface area contributed by atoms with Crippen LogP contribution in [-0.2, 0) is 9.53 Å². The molecule has 2 N–H and O–H groups in total. The summed E-state index contributed by atoms with van der Waals surface area (Å²) in [5.74, 6) is 0.355. The normalized spacial score (nSPS) is 47.0. The topological polar surface area (TPSA) is 90.5 Å². The molecule has 0 heterocycles. The van der Waals surface area contributed by atoms with Crippen LogP contribution in [0.2, 0.25) is 0 Å². The van der Waals surface area contributed by atoms with E-state index in [2.05, 4.69) is 32.9 Å². The van der Waals surface area contributed by atoms with Gasteiger partial charge in [0.2, 0.25) is 0 Å². The van der Waals surface area contributed by atoms with E-state index in [1.165, 1.54) is 0 Å². The summed E-state index contributed by atoms with van der Waals surface area (Å²) in [5, 5.41) is 31.0. The van der Waals surface area contributed by atoms with E-state index >= 15 is 0 Å². The number of rotatable bonds is 6. The fraction of sp³-hybridized carbons (Fsp3) is 0.826. The number of hydrogen-bond acceptors (Lipinski definition) is 4. The molecule has 0 radical (unpaired) electrons. The van der Waals surface area contributed by atoms with E-state index in [4.69, 9.17) is 4.74 Å². The molecule has 8 atom stereocenters. The Kier molecular flexibility index (Phi) is 4.49. The monoisotopic (exact) mass is 387 g/mol. The number of aliphatic hydroxyl groups excluding tert-OH is 1. The average molecular weight is 388 g/mol. The molecular weight excluding hydrogens is 354 g/mol. The lowest BCUT2D eigenvalue weighted by Gasteiger charge is -2.57. The van der Waals surface area contributed by atoms with Crippen molar-refractivity contribution in [3.8, 4) is 6.07 Å². The third-order valence-corrected chi connectivity index (χ3v) is 8.76. The van der Waals surface area contributed by atoms with E-state index in [1.54, 1.807) is 6.92 Å². The summed E-state index contributed by atoms with van der Waals surface area (Å²) in [6, 6.07) is 2.64. The molecule has 0 aliphatic heterocycles. The van der Waals surface area contributed by atoms with Crippen molar-refractivity contribution in [2.24, 2.45) is 45.8 Å². The molecule has 4 aliphatic carbocycles. The molecule has 0 spiro atoms. The molecule has 154 valence electrons. The molecule has 0 amide bonds.